The SMILES string of the molecule is Cc1cccc(-c2[nH]ncc2Cl)c1. The Balaban J connectivity index is 2.53. The van der Waals surface area contributed by atoms with Gasteiger partial charge < -0.3 is 0 Å². The van der Waals surface area contributed by atoms with Crippen molar-refractivity contribution < 1.29 is 0 Å². The van der Waals surface area contributed by atoms with Gasteiger partial charge in [0.25, 0.3) is 0 Å². The Labute approximate surface area is 81.6 Å². The van der Waals surface area contributed by atoms with Crippen molar-refractivity contribution in [1.82, 2.24) is 10.2 Å². The lowest BCUT2D eigenvalue weighted by Crippen LogP contribution is -1.79. The number of hydrogen-bond donors (Lipinski definition) is 1. The van der Waals surface area contributed by atoms with Crippen LogP contribution in [-0.2, 0) is 0 Å². The third-order valence-electron chi connectivity index (χ3n) is 1.90. The smallest absolute Gasteiger partial charge is 0.0862 e. The predicted octanol–water partition coefficient (Wildman–Crippen LogP) is 3.04. The lowest BCUT2D eigenvalue weighted by atomic mass is 10.1. The zero-order valence-corrected chi connectivity index (χ0v) is 7.97. The summed E-state index contributed by atoms with van der Waals surface area (Å²) in [5, 5.41) is 7.40. The van der Waals surface area contributed by atoms with E-state index in [4.69, 9.17) is 11.6 Å². The molecule has 66 valence electrons. The molecular formula is C10H9ClN2. The highest BCUT2D eigenvalue weighted by Gasteiger charge is 2.04. The van der Waals surface area contributed by atoms with E-state index in [0.717, 1.165) is 11.3 Å². The van der Waals surface area contributed by atoms with Gasteiger partial charge in [-0.3, -0.25) is 5.10 Å². The van der Waals surface area contributed by atoms with Gasteiger partial charge in [-0.1, -0.05) is 35.4 Å². The largest absolute Gasteiger partial charge is 0.276 e. The molecule has 0 fully saturated rings. The van der Waals surface area contributed by atoms with Crippen molar-refractivity contribution in [3.63, 3.8) is 0 Å². The predicted molar refractivity (Wildman–Crippen MR) is 53.8 cm³/mol. The van der Waals surface area contributed by atoms with Crippen molar-refractivity contribution in [3.05, 3.63) is 41.0 Å². The third-order valence-corrected chi connectivity index (χ3v) is 2.19. The summed E-state index contributed by atoms with van der Waals surface area (Å²) < 4.78 is 0. The first kappa shape index (κ1) is 8.32. The van der Waals surface area contributed by atoms with Crippen molar-refractivity contribution in [2.75, 3.05) is 0 Å². The van der Waals surface area contributed by atoms with Crippen LogP contribution in [0, 0.1) is 6.92 Å². The summed E-state index contributed by atoms with van der Waals surface area (Å²) >= 11 is 5.93. The Morgan fingerprint density at radius 3 is 2.85 bits per heavy atom. The molecule has 2 nitrogen and oxygen atoms in total. The fraction of sp³-hybridized carbons (Fsp3) is 0.100. The summed E-state index contributed by atoms with van der Waals surface area (Å²) in [7, 11) is 0. The van der Waals surface area contributed by atoms with Gasteiger partial charge in [-0.05, 0) is 13.0 Å². The van der Waals surface area contributed by atoms with Gasteiger partial charge in [-0.2, -0.15) is 5.10 Å². The van der Waals surface area contributed by atoms with Crippen LogP contribution in [0.5, 0.6) is 0 Å². The highest BCUT2D eigenvalue weighted by atomic mass is 35.5. The maximum absolute atomic E-state index is 5.93. The molecular weight excluding hydrogens is 184 g/mol. The van der Waals surface area contributed by atoms with Gasteiger partial charge in [-0.25, -0.2) is 0 Å². The Morgan fingerprint density at radius 2 is 2.23 bits per heavy atom. The van der Waals surface area contributed by atoms with Gasteiger partial charge in [0.1, 0.15) is 0 Å². The van der Waals surface area contributed by atoms with E-state index < -0.39 is 0 Å². The van der Waals surface area contributed by atoms with Gasteiger partial charge in [-0.15, -0.1) is 0 Å². The number of nitrogens with zero attached hydrogens (tertiary/aromatic N) is 1. The summed E-state index contributed by atoms with van der Waals surface area (Å²) in [5.41, 5.74) is 3.16. The Kier molecular flexibility index (Phi) is 2.07. The van der Waals surface area contributed by atoms with Crippen molar-refractivity contribution in [2.45, 2.75) is 6.92 Å². The van der Waals surface area contributed by atoms with Crippen LogP contribution >= 0.6 is 11.6 Å². The first-order valence-electron chi connectivity index (χ1n) is 4.03. The summed E-state index contributed by atoms with van der Waals surface area (Å²) in [6, 6.07) is 8.13. The Morgan fingerprint density at radius 1 is 1.38 bits per heavy atom. The lowest BCUT2D eigenvalue weighted by Gasteiger charge is -1.99. The number of aromatic nitrogens is 2. The van der Waals surface area contributed by atoms with E-state index in [1.54, 1.807) is 6.20 Å². The molecule has 0 bridgehead atoms. The number of hydrogen-bond acceptors (Lipinski definition) is 1. The number of benzene rings is 1. The molecule has 0 saturated carbocycles. The first-order chi connectivity index (χ1) is 6.27. The molecule has 0 radical (unpaired) electrons. The van der Waals surface area contributed by atoms with Crippen LogP contribution in [0.4, 0.5) is 0 Å². The van der Waals surface area contributed by atoms with Crippen LogP contribution in [-0.4, -0.2) is 10.2 Å². The summed E-state index contributed by atoms with van der Waals surface area (Å²) in [4.78, 5) is 0. The average Bonchev–Trinajstić information content (AvgIpc) is 2.51. The van der Waals surface area contributed by atoms with E-state index in [1.165, 1.54) is 5.56 Å². The molecule has 0 aliphatic rings. The second-order valence-electron chi connectivity index (χ2n) is 2.96. The quantitative estimate of drug-likeness (QED) is 0.739. The van der Waals surface area contributed by atoms with Crippen LogP contribution in [0.2, 0.25) is 5.02 Å². The third kappa shape index (κ3) is 1.58. The van der Waals surface area contributed by atoms with Crippen molar-refractivity contribution >= 4 is 11.6 Å². The van der Waals surface area contributed by atoms with E-state index in [-0.39, 0.29) is 0 Å². The minimum absolute atomic E-state index is 0.658. The van der Waals surface area contributed by atoms with Crippen LogP contribution in [0.3, 0.4) is 0 Å². The van der Waals surface area contributed by atoms with Crippen LogP contribution in [0.25, 0.3) is 11.3 Å². The minimum Gasteiger partial charge on any atom is -0.276 e. The van der Waals surface area contributed by atoms with Crippen LogP contribution in [0.1, 0.15) is 5.56 Å². The van der Waals surface area contributed by atoms with Gasteiger partial charge in [0.2, 0.25) is 0 Å². The molecule has 0 atom stereocenters. The highest BCUT2D eigenvalue weighted by molar-refractivity contribution is 6.32. The van der Waals surface area contributed by atoms with Crippen LogP contribution in [0.15, 0.2) is 30.5 Å². The lowest BCUT2D eigenvalue weighted by molar-refractivity contribution is 1.09. The van der Waals surface area contributed by atoms with Crippen molar-refractivity contribution in [1.29, 1.82) is 0 Å². The molecule has 3 heteroatoms. The molecule has 13 heavy (non-hydrogen) atoms. The van der Waals surface area contributed by atoms with E-state index in [1.807, 2.05) is 25.1 Å². The normalized spacial score (nSPS) is 10.3. The van der Waals surface area contributed by atoms with Crippen LogP contribution < -0.4 is 0 Å². The molecule has 1 heterocycles. The molecule has 0 spiro atoms. The molecule has 0 aliphatic heterocycles. The Bertz CT molecular complexity index is 420. The molecule has 0 amide bonds. The maximum Gasteiger partial charge on any atom is 0.0862 e. The molecule has 0 aliphatic carbocycles. The molecule has 1 N–H and O–H groups in total. The van der Waals surface area contributed by atoms with Crippen molar-refractivity contribution in [2.24, 2.45) is 0 Å². The van der Waals surface area contributed by atoms with E-state index in [2.05, 4.69) is 16.3 Å². The maximum atomic E-state index is 5.93. The number of nitrogens with one attached hydrogen (secondary N) is 1. The zero-order valence-electron chi connectivity index (χ0n) is 7.21. The van der Waals surface area contributed by atoms with E-state index >= 15 is 0 Å². The summed E-state index contributed by atoms with van der Waals surface area (Å²) in [5.74, 6) is 0. The van der Waals surface area contributed by atoms with Gasteiger partial charge in [0, 0.05) is 5.56 Å². The van der Waals surface area contributed by atoms with Gasteiger partial charge in [0.15, 0.2) is 0 Å². The van der Waals surface area contributed by atoms with Gasteiger partial charge in [0.05, 0.1) is 16.9 Å². The minimum atomic E-state index is 0.658. The fourth-order valence-electron chi connectivity index (χ4n) is 1.27. The standard InChI is InChI=1S/C10H9ClN2/c1-7-3-2-4-8(5-7)10-9(11)6-12-13-10/h2-6H,1H3,(H,12,13). The first-order valence-corrected chi connectivity index (χ1v) is 4.41. The number of aromatic amines is 1. The monoisotopic (exact) mass is 192 g/mol. The number of aryl methyl sites for hydroxylation is 1. The second kappa shape index (κ2) is 3.23. The Hall–Kier alpha value is -1.28. The fourth-order valence-corrected chi connectivity index (χ4v) is 1.47. The number of rotatable bonds is 1. The van der Waals surface area contributed by atoms with Gasteiger partial charge >= 0.3 is 0 Å². The molecule has 2 aromatic rings. The zero-order chi connectivity index (χ0) is 9.26. The average molecular weight is 193 g/mol. The van der Waals surface area contributed by atoms with Crippen molar-refractivity contribution in [3.8, 4) is 11.3 Å². The molecule has 2 rings (SSSR count). The second-order valence-corrected chi connectivity index (χ2v) is 3.37. The molecule has 0 saturated heterocycles. The van der Waals surface area contributed by atoms with E-state index in [0.29, 0.717) is 5.02 Å². The molecule has 0 unspecified atom stereocenters. The highest BCUT2D eigenvalue weighted by Crippen LogP contribution is 2.25. The summed E-state index contributed by atoms with van der Waals surface area (Å²) in [6.07, 6.45) is 1.61. The molecule has 1 aromatic carbocycles. The molecule has 1 aromatic heterocycles. The topological polar surface area (TPSA) is 28.7 Å². The number of halogens is 1. The van der Waals surface area contributed by atoms with E-state index in [9.17, 15) is 0 Å². The number of H-pyrrole nitrogens is 1. The summed E-state index contributed by atoms with van der Waals surface area (Å²) in [6.45, 7) is 2.05.